The number of carboxylic acid groups (broad SMARTS) is 1. The highest BCUT2D eigenvalue weighted by molar-refractivity contribution is 5.75. The van der Waals surface area contributed by atoms with Crippen molar-refractivity contribution in [3.63, 3.8) is 0 Å². The summed E-state index contributed by atoms with van der Waals surface area (Å²) < 4.78 is 6.89. The lowest BCUT2D eigenvalue weighted by Crippen LogP contribution is -2.33. The van der Waals surface area contributed by atoms with Crippen LogP contribution in [0.3, 0.4) is 0 Å². The molecule has 0 aliphatic heterocycles. The molecule has 1 atom stereocenters. The van der Waals surface area contributed by atoms with Crippen LogP contribution in [0, 0.1) is 0 Å². The number of rotatable bonds is 7. The summed E-state index contributed by atoms with van der Waals surface area (Å²) in [6, 6.07) is 2.64. The van der Waals surface area contributed by atoms with Crippen LogP contribution in [-0.4, -0.2) is 51.2 Å². The minimum Gasteiger partial charge on any atom is -0.481 e. The minimum absolute atomic E-state index is 0.462. The third kappa shape index (κ3) is 3.79. The maximum Gasteiger partial charge on any atom is 0.325 e. The Balaban J connectivity index is 2.07. The van der Waals surface area contributed by atoms with E-state index in [1.165, 1.54) is 13.3 Å². The summed E-state index contributed by atoms with van der Waals surface area (Å²) in [4.78, 5) is 21.3. The Morgan fingerprint density at radius 1 is 1.52 bits per heavy atom. The van der Waals surface area contributed by atoms with E-state index in [1.807, 2.05) is 10.8 Å². The summed E-state index contributed by atoms with van der Waals surface area (Å²) in [5, 5.41) is 9.46. The summed E-state index contributed by atoms with van der Waals surface area (Å²) >= 11 is 0. The van der Waals surface area contributed by atoms with Gasteiger partial charge in [-0.1, -0.05) is 0 Å². The van der Waals surface area contributed by atoms with Gasteiger partial charge in [0.15, 0.2) is 0 Å². The fraction of sp³-hybridized carbons (Fsp3) is 0.357. The highest BCUT2D eigenvalue weighted by atomic mass is 16.5. The van der Waals surface area contributed by atoms with Crippen LogP contribution >= 0.6 is 0 Å². The molecule has 2 heterocycles. The molecule has 0 spiro atoms. The van der Waals surface area contributed by atoms with Crippen molar-refractivity contribution in [2.75, 3.05) is 20.7 Å². The Bertz CT molecular complexity index is 568. The molecule has 0 saturated carbocycles. The quantitative estimate of drug-likeness (QED) is 0.821. The first-order chi connectivity index (χ1) is 10.1. The van der Waals surface area contributed by atoms with Gasteiger partial charge in [-0.15, -0.1) is 0 Å². The van der Waals surface area contributed by atoms with E-state index >= 15 is 0 Å². The van der Waals surface area contributed by atoms with Gasteiger partial charge in [0, 0.05) is 37.7 Å². The summed E-state index contributed by atoms with van der Waals surface area (Å²) in [6.07, 6.45) is 6.78. The second-order valence-electron chi connectivity index (χ2n) is 4.66. The molecule has 2 aromatic heterocycles. The fourth-order valence-electron chi connectivity index (χ4n) is 2.08. The predicted octanol–water partition coefficient (Wildman–Crippen LogP) is 1.04. The topological polar surface area (TPSA) is 80.5 Å². The summed E-state index contributed by atoms with van der Waals surface area (Å²) in [6.45, 7) is 1.25. The van der Waals surface area contributed by atoms with E-state index < -0.39 is 12.0 Å². The Morgan fingerprint density at radius 2 is 2.33 bits per heavy atom. The number of nitrogens with zero attached hydrogens (tertiary/aromatic N) is 4. The molecule has 0 aromatic carbocycles. The zero-order valence-corrected chi connectivity index (χ0v) is 12.0. The number of hydrogen-bond donors (Lipinski definition) is 1. The second-order valence-corrected chi connectivity index (χ2v) is 4.66. The molecular weight excluding hydrogens is 272 g/mol. The molecule has 7 heteroatoms. The van der Waals surface area contributed by atoms with Gasteiger partial charge >= 0.3 is 5.97 Å². The van der Waals surface area contributed by atoms with E-state index in [9.17, 15) is 9.90 Å². The second kappa shape index (κ2) is 6.85. The molecule has 0 bridgehead atoms. The van der Waals surface area contributed by atoms with Gasteiger partial charge in [0.1, 0.15) is 6.04 Å². The Hall–Kier alpha value is -2.41. The van der Waals surface area contributed by atoms with E-state index in [1.54, 1.807) is 36.6 Å². The van der Waals surface area contributed by atoms with Crippen molar-refractivity contribution in [2.24, 2.45) is 0 Å². The van der Waals surface area contributed by atoms with Crippen LogP contribution in [0.5, 0.6) is 5.88 Å². The van der Waals surface area contributed by atoms with Crippen molar-refractivity contribution in [3.05, 3.63) is 42.6 Å². The number of carboxylic acids is 1. The molecule has 0 amide bonds. The van der Waals surface area contributed by atoms with Crippen LogP contribution in [0.2, 0.25) is 0 Å². The standard InChI is InChI=1S/C14H18N4O3/c1-17(7-8-18-6-5-15-10-18)13(14(19)20)11-3-4-12(21-2)16-9-11/h3-6,9-10,13H,7-8H2,1-2H3,(H,19,20)/t13-/m0/s1. The normalized spacial score (nSPS) is 12.3. The van der Waals surface area contributed by atoms with Crippen LogP contribution in [0.4, 0.5) is 0 Å². The first-order valence-electron chi connectivity index (χ1n) is 6.50. The highest BCUT2D eigenvalue weighted by Crippen LogP contribution is 2.20. The monoisotopic (exact) mass is 290 g/mol. The molecule has 0 aliphatic rings. The summed E-state index contributed by atoms with van der Waals surface area (Å²) in [7, 11) is 3.30. The average molecular weight is 290 g/mol. The van der Waals surface area contributed by atoms with Crippen molar-refractivity contribution in [1.82, 2.24) is 19.4 Å². The van der Waals surface area contributed by atoms with Gasteiger partial charge in [-0.2, -0.15) is 0 Å². The number of imidazole rings is 1. The molecule has 1 N–H and O–H groups in total. The number of hydrogen-bond acceptors (Lipinski definition) is 5. The molecule has 7 nitrogen and oxygen atoms in total. The number of carbonyl (C=O) groups is 1. The molecule has 2 rings (SSSR count). The van der Waals surface area contributed by atoms with E-state index in [-0.39, 0.29) is 0 Å². The molecule has 0 aliphatic carbocycles. The Labute approximate surface area is 122 Å². The summed E-state index contributed by atoms with van der Waals surface area (Å²) in [5.41, 5.74) is 0.622. The zero-order valence-electron chi connectivity index (χ0n) is 12.0. The first kappa shape index (κ1) is 15.0. The van der Waals surface area contributed by atoms with Gasteiger partial charge in [0.05, 0.1) is 13.4 Å². The molecule has 0 fully saturated rings. The van der Waals surface area contributed by atoms with Gasteiger partial charge < -0.3 is 14.4 Å². The predicted molar refractivity (Wildman–Crippen MR) is 76.0 cm³/mol. The van der Waals surface area contributed by atoms with Crippen molar-refractivity contribution in [2.45, 2.75) is 12.6 Å². The zero-order chi connectivity index (χ0) is 15.2. The Kier molecular flexibility index (Phi) is 4.89. The molecule has 0 saturated heterocycles. The van der Waals surface area contributed by atoms with Crippen LogP contribution in [0.1, 0.15) is 11.6 Å². The van der Waals surface area contributed by atoms with Gasteiger partial charge in [-0.3, -0.25) is 9.69 Å². The van der Waals surface area contributed by atoms with Gasteiger partial charge in [-0.05, 0) is 18.7 Å². The highest BCUT2D eigenvalue weighted by Gasteiger charge is 2.24. The number of aliphatic carboxylic acids is 1. The number of pyridine rings is 1. The average Bonchev–Trinajstić information content (AvgIpc) is 2.99. The van der Waals surface area contributed by atoms with Gasteiger partial charge in [0.2, 0.25) is 5.88 Å². The summed E-state index contributed by atoms with van der Waals surface area (Å²) in [5.74, 6) is -0.445. The van der Waals surface area contributed by atoms with Crippen LogP contribution in [-0.2, 0) is 11.3 Å². The molecular formula is C14H18N4O3. The van der Waals surface area contributed by atoms with E-state index in [0.29, 0.717) is 24.5 Å². The fourth-order valence-corrected chi connectivity index (χ4v) is 2.08. The molecule has 0 unspecified atom stereocenters. The van der Waals surface area contributed by atoms with E-state index in [4.69, 9.17) is 4.74 Å². The van der Waals surface area contributed by atoms with E-state index in [2.05, 4.69) is 9.97 Å². The maximum absolute atomic E-state index is 11.5. The van der Waals surface area contributed by atoms with Crippen LogP contribution in [0.15, 0.2) is 37.1 Å². The molecule has 0 radical (unpaired) electrons. The van der Waals surface area contributed by atoms with Gasteiger partial charge in [0.25, 0.3) is 0 Å². The number of ether oxygens (including phenoxy) is 1. The molecule has 2 aromatic rings. The maximum atomic E-state index is 11.5. The minimum atomic E-state index is -0.907. The van der Waals surface area contributed by atoms with E-state index in [0.717, 1.165) is 0 Å². The lowest BCUT2D eigenvalue weighted by atomic mass is 10.1. The number of likely N-dealkylation sites (N-methyl/N-ethyl adjacent to an activating group) is 1. The lowest BCUT2D eigenvalue weighted by Gasteiger charge is -2.24. The largest absolute Gasteiger partial charge is 0.481 e. The van der Waals surface area contributed by atoms with Crippen molar-refractivity contribution < 1.29 is 14.6 Å². The third-order valence-corrected chi connectivity index (χ3v) is 3.23. The number of aromatic nitrogens is 3. The lowest BCUT2D eigenvalue weighted by molar-refractivity contribution is -0.143. The third-order valence-electron chi connectivity index (χ3n) is 3.23. The first-order valence-corrected chi connectivity index (χ1v) is 6.50. The van der Waals surface area contributed by atoms with Crippen molar-refractivity contribution in [3.8, 4) is 5.88 Å². The van der Waals surface area contributed by atoms with Crippen LogP contribution in [0.25, 0.3) is 0 Å². The van der Waals surface area contributed by atoms with Crippen molar-refractivity contribution in [1.29, 1.82) is 0 Å². The van der Waals surface area contributed by atoms with Crippen LogP contribution < -0.4 is 4.74 Å². The SMILES string of the molecule is COc1ccc([C@@H](C(=O)O)N(C)CCn2ccnc2)cn1. The molecule has 112 valence electrons. The number of methoxy groups -OCH3 is 1. The van der Waals surface area contributed by atoms with Gasteiger partial charge in [-0.25, -0.2) is 9.97 Å². The van der Waals surface area contributed by atoms with Crippen molar-refractivity contribution >= 4 is 5.97 Å². The molecule has 21 heavy (non-hydrogen) atoms. The Morgan fingerprint density at radius 3 is 2.86 bits per heavy atom. The smallest absolute Gasteiger partial charge is 0.325 e.